The molecule has 0 saturated heterocycles. The van der Waals surface area contributed by atoms with E-state index >= 15 is 0 Å². The van der Waals surface area contributed by atoms with E-state index < -0.39 is 5.97 Å². The summed E-state index contributed by atoms with van der Waals surface area (Å²) < 4.78 is 0.531. The average Bonchev–Trinajstić information content (AvgIpc) is 2.30. The number of benzene rings is 1. The van der Waals surface area contributed by atoms with Crippen LogP contribution >= 0.6 is 15.9 Å². The highest BCUT2D eigenvalue weighted by Gasteiger charge is 2.11. The fraction of sp³-hybridized carbons (Fsp3) is 0. The van der Waals surface area contributed by atoms with E-state index in [1.54, 1.807) is 0 Å². The predicted octanol–water partition coefficient (Wildman–Crippen LogP) is 2.60. The third-order valence-corrected chi connectivity index (χ3v) is 2.57. The monoisotopic (exact) mass is 278 g/mol. The van der Waals surface area contributed by atoms with Crippen LogP contribution in [0.5, 0.6) is 0 Å². The van der Waals surface area contributed by atoms with Crippen molar-refractivity contribution in [1.29, 1.82) is 0 Å². The van der Waals surface area contributed by atoms with Crippen LogP contribution in [0.15, 0.2) is 41.1 Å². The molecule has 16 heavy (non-hydrogen) atoms. The van der Waals surface area contributed by atoms with Crippen molar-refractivity contribution in [2.75, 3.05) is 0 Å². The number of carboxylic acid groups (broad SMARTS) is 1. The lowest BCUT2D eigenvalue weighted by molar-refractivity contribution is 0.0690. The molecule has 4 nitrogen and oxygen atoms in total. The number of aromatic nitrogens is 2. The van der Waals surface area contributed by atoms with Crippen molar-refractivity contribution in [3.05, 3.63) is 46.8 Å². The molecule has 2 aromatic rings. The molecular formula is C11H7BrN2O2. The number of carbonyl (C=O) groups is 1. The van der Waals surface area contributed by atoms with Crippen LogP contribution in [0.2, 0.25) is 0 Å². The maximum Gasteiger partial charge on any atom is 0.356 e. The van der Waals surface area contributed by atoms with Gasteiger partial charge in [-0.25, -0.2) is 14.8 Å². The van der Waals surface area contributed by atoms with Gasteiger partial charge < -0.3 is 5.11 Å². The standard InChI is InChI=1S/C11H7BrN2O2/c12-10-9(7-4-2-1-3-5-7)14-8(6-13-10)11(15)16/h1-6H,(H,15,16). The number of rotatable bonds is 2. The Morgan fingerprint density at radius 1 is 1.25 bits per heavy atom. The lowest BCUT2D eigenvalue weighted by atomic mass is 10.2. The molecule has 1 aromatic carbocycles. The Labute approximate surface area is 100 Å². The molecule has 0 aliphatic carbocycles. The molecule has 1 heterocycles. The smallest absolute Gasteiger partial charge is 0.356 e. The minimum atomic E-state index is -1.09. The summed E-state index contributed by atoms with van der Waals surface area (Å²) in [7, 11) is 0. The van der Waals surface area contributed by atoms with Gasteiger partial charge in [-0.05, 0) is 15.9 Å². The quantitative estimate of drug-likeness (QED) is 0.917. The number of halogens is 1. The predicted molar refractivity (Wildman–Crippen MR) is 62.1 cm³/mol. The second-order valence-electron chi connectivity index (χ2n) is 3.07. The molecule has 0 atom stereocenters. The third kappa shape index (κ3) is 2.09. The van der Waals surface area contributed by atoms with Gasteiger partial charge in [0.25, 0.3) is 0 Å². The van der Waals surface area contributed by atoms with E-state index in [0.29, 0.717) is 10.3 Å². The van der Waals surface area contributed by atoms with Gasteiger partial charge in [-0.1, -0.05) is 30.3 Å². The first-order valence-corrected chi connectivity index (χ1v) is 5.29. The first-order chi connectivity index (χ1) is 7.68. The number of carboxylic acids is 1. The summed E-state index contributed by atoms with van der Waals surface area (Å²) in [5, 5.41) is 8.83. The van der Waals surface area contributed by atoms with Gasteiger partial charge in [0.15, 0.2) is 5.69 Å². The molecule has 0 fully saturated rings. The summed E-state index contributed by atoms with van der Waals surface area (Å²) >= 11 is 3.25. The number of hydrogen-bond donors (Lipinski definition) is 1. The first kappa shape index (κ1) is 10.8. The van der Waals surface area contributed by atoms with E-state index in [4.69, 9.17) is 5.11 Å². The maximum atomic E-state index is 10.8. The topological polar surface area (TPSA) is 63.1 Å². The van der Waals surface area contributed by atoms with Crippen LogP contribution in [0.3, 0.4) is 0 Å². The van der Waals surface area contributed by atoms with Crippen LogP contribution < -0.4 is 0 Å². The molecule has 2 rings (SSSR count). The van der Waals surface area contributed by atoms with Gasteiger partial charge in [-0.2, -0.15) is 0 Å². The Morgan fingerprint density at radius 2 is 1.94 bits per heavy atom. The van der Waals surface area contributed by atoms with E-state index in [-0.39, 0.29) is 5.69 Å². The molecule has 0 bridgehead atoms. The Hall–Kier alpha value is -1.75. The van der Waals surface area contributed by atoms with E-state index in [9.17, 15) is 4.79 Å². The molecule has 1 aromatic heterocycles. The van der Waals surface area contributed by atoms with E-state index in [2.05, 4.69) is 25.9 Å². The van der Waals surface area contributed by atoms with Crippen molar-refractivity contribution >= 4 is 21.9 Å². The largest absolute Gasteiger partial charge is 0.476 e. The van der Waals surface area contributed by atoms with E-state index in [0.717, 1.165) is 5.56 Å². The van der Waals surface area contributed by atoms with E-state index in [1.807, 2.05) is 30.3 Å². The summed E-state index contributed by atoms with van der Waals surface area (Å²) in [6, 6.07) is 9.29. The van der Waals surface area contributed by atoms with Crippen molar-refractivity contribution in [3.8, 4) is 11.3 Å². The summed E-state index contributed by atoms with van der Waals surface area (Å²) in [6.07, 6.45) is 1.22. The molecule has 0 spiro atoms. The van der Waals surface area contributed by atoms with Crippen LogP contribution in [0.1, 0.15) is 10.5 Å². The minimum Gasteiger partial charge on any atom is -0.476 e. The molecular weight excluding hydrogens is 272 g/mol. The first-order valence-electron chi connectivity index (χ1n) is 4.50. The molecule has 0 amide bonds. The summed E-state index contributed by atoms with van der Waals surface area (Å²) in [5.74, 6) is -1.09. The lowest BCUT2D eigenvalue weighted by Crippen LogP contribution is -2.03. The Kier molecular flexibility index (Phi) is 2.96. The zero-order valence-electron chi connectivity index (χ0n) is 8.09. The average molecular weight is 279 g/mol. The van der Waals surface area contributed by atoms with Gasteiger partial charge in [0.1, 0.15) is 10.3 Å². The van der Waals surface area contributed by atoms with Gasteiger partial charge in [0.05, 0.1) is 6.20 Å². The molecule has 1 N–H and O–H groups in total. The second kappa shape index (κ2) is 4.40. The zero-order valence-corrected chi connectivity index (χ0v) is 9.68. The van der Waals surface area contributed by atoms with Crippen molar-refractivity contribution in [2.45, 2.75) is 0 Å². The maximum absolute atomic E-state index is 10.8. The molecule has 0 aliphatic heterocycles. The van der Waals surface area contributed by atoms with Gasteiger partial charge in [-0.15, -0.1) is 0 Å². The molecule has 0 unspecified atom stereocenters. The minimum absolute atomic E-state index is 0.0675. The molecule has 0 radical (unpaired) electrons. The highest BCUT2D eigenvalue weighted by Crippen LogP contribution is 2.23. The van der Waals surface area contributed by atoms with Gasteiger partial charge in [-0.3, -0.25) is 0 Å². The molecule has 5 heteroatoms. The van der Waals surface area contributed by atoms with Crippen LogP contribution in [0.4, 0.5) is 0 Å². The number of aromatic carboxylic acids is 1. The summed E-state index contributed by atoms with van der Waals surface area (Å²) in [5.41, 5.74) is 1.28. The summed E-state index contributed by atoms with van der Waals surface area (Å²) in [6.45, 7) is 0. The number of nitrogens with zero attached hydrogens (tertiary/aromatic N) is 2. The Balaban J connectivity index is 2.56. The van der Waals surface area contributed by atoms with Gasteiger partial charge in [0, 0.05) is 5.56 Å². The SMILES string of the molecule is O=C(O)c1cnc(Br)c(-c2ccccc2)n1. The molecule has 0 saturated carbocycles. The van der Waals surface area contributed by atoms with Crippen molar-refractivity contribution < 1.29 is 9.90 Å². The highest BCUT2D eigenvalue weighted by atomic mass is 79.9. The van der Waals surface area contributed by atoms with Gasteiger partial charge >= 0.3 is 5.97 Å². The zero-order chi connectivity index (χ0) is 11.5. The van der Waals surface area contributed by atoms with Crippen molar-refractivity contribution in [1.82, 2.24) is 9.97 Å². The fourth-order valence-electron chi connectivity index (χ4n) is 1.26. The normalized spacial score (nSPS) is 10.1. The Morgan fingerprint density at radius 3 is 2.56 bits per heavy atom. The second-order valence-corrected chi connectivity index (χ2v) is 3.82. The number of hydrogen-bond acceptors (Lipinski definition) is 3. The molecule has 0 aliphatic rings. The van der Waals surface area contributed by atoms with Gasteiger partial charge in [0.2, 0.25) is 0 Å². The van der Waals surface area contributed by atoms with Crippen LogP contribution in [-0.4, -0.2) is 21.0 Å². The van der Waals surface area contributed by atoms with Crippen LogP contribution in [0.25, 0.3) is 11.3 Å². The van der Waals surface area contributed by atoms with Crippen LogP contribution in [0, 0.1) is 0 Å². The lowest BCUT2D eigenvalue weighted by Gasteiger charge is -2.03. The van der Waals surface area contributed by atoms with Crippen molar-refractivity contribution in [2.24, 2.45) is 0 Å². The molecule has 80 valence electrons. The Bertz CT molecular complexity index is 529. The van der Waals surface area contributed by atoms with E-state index in [1.165, 1.54) is 6.20 Å². The third-order valence-electron chi connectivity index (χ3n) is 1.99. The fourth-order valence-corrected chi connectivity index (χ4v) is 1.68. The highest BCUT2D eigenvalue weighted by molar-refractivity contribution is 9.10. The van der Waals surface area contributed by atoms with Crippen molar-refractivity contribution in [3.63, 3.8) is 0 Å². The summed E-state index contributed by atoms with van der Waals surface area (Å²) in [4.78, 5) is 18.8. The van der Waals surface area contributed by atoms with Crippen LogP contribution in [-0.2, 0) is 0 Å².